The van der Waals surface area contributed by atoms with Crippen molar-refractivity contribution in [1.82, 2.24) is 15.1 Å². The highest BCUT2D eigenvalue weighted by atomic mass is 35.5. The predicted octanol–water partition coefficient (Wildman–Crippen LogP) is 3.11. The van der Waals surface area contributed by atoms with Crippen LogP contribution in [0.2, 0.25) is 5.15 Å². The molecule has 1 atom stereocenters. The molecule has 0 aromatic carbocycles. The summed E-state index contributed by atoms with van der Waals surface area (Å²) >= 11 is 6.18. The van der Waals surface area contributed by atoms with Crippen LogP contribution in [-0.4, -0.2) is 32.9 Å². The van der Waals surface area contributed by atoms with Crippen LogP contribution in [0.1, 0.15) is 69.4 Å². The van der Waals surface area contributed by atoms with Crippen molar-refractivity contribution >= 4 is 17.5 Å². The number of aromatic nitrogens is 2. The van der Waals surface area contributed by atoms with Crippen molar-refractivity contribution in [3.05, 3.63) is 16.4 Å². The van der Waals surface area contributed by atoms with Crippen molar-refractivity contribution in [2.45, 2.75) is 59.0 Å². The Kier molecular flexibility index (Phi) is 6.44. The smallest absolute Gasteiger partial charge is 0.256 e. The molecule has 1 rings (SSSR count). The summed E-state index contributed by atoms with van der Waals surface area (Å²) in [6.45, 7) is 10.1. The van der Waals surface area contributed by atoms with Crippen molar-refractivity contribution in [1.29, 1.82) is 0 Å². The fraction of sp³-hybridized carbons (Fsp3) is 0.750. The van der Waals surface area contributed by atoms with E-state index in [0.29, 0.717) is 28.7 Å². The van der Waals surface area contributed by atoms with E-state index >= 15 is 0 Å². The van der Waals surface area contributed by atoms with Gasteiger partial charge in [0.15, 0.2) is 0 Å². The molecule has 0 aliphatic carbocycles. The van der Waals surface area contributed by atoms with Crippen LogP contribution in [0, 0.1) is 5.92 Å². The largest absolute Gasteiger partial charge is 0.388 e. The van der Waals surface area contributed by atoms with Crippen LogP contribution in [0.4, 0.5) is 0 Å². The van der Waals surface area contributed by atoms with Crippen LogP contribution >= 0.6 is 11.6 Å². The number of amides is 1. The number of aryl methyl sites for hydroxylation is 1. The van der Waals surface area contributed by atoms with Crippen LogP contribution in [-0.2, 0) is 7.05 Å². The fourth-order valence-electron chi connectivity index (χ4n) is 2.18. The van der Waals surface area contributed by atoms with Gasteiger partial charge in [0.25, 0.3) is 5.91 Å². The molecule has 0 saturated heterocycles. The monoisotopic (exact) mass is 329 g/mol. The Hall–Kier alpha value is -1.07. The molecule has 1 unspecified atom stereocenters. The van der Waals surface area contributed by atoms with Crippen molar-refractivity contribution in [2.75, 3.05) is 6.54 Å². The minimum absolute atomic E-state index is 0.0981. The van der Waals surface area contributed by atoms with E-state index in [0.717, 1.165) is 6.42 Å². The summed E-state index contributed by atoms with van der Waals surface area (Å²) in [7, 11) is 1.71. The van der Waals surface area contributed by atoms with Crippen molar-refractivity contribution in [2.24, 2.45) is 13.0 Å². The summed E-state index contributed by atoms with van der Waals surface area (Å²) in [4.78, 5) is 12.4. The fourth-order valence-corrected chi connectivity index (χ4v) is 2.40. The molecule has 126 valence electrons. The number of hydrogen-bond acceptors (Lipinski definition) is 3. The summed E-state index contributed by atoms with van der Waals surface area (Å²) in [5.41, 5.74) is 0.151. The molecule has 0 saturated carbocycles. The maximum Gasteiger partial charge on any atom is 0.256 e. The highest BCUT2D eigenvalue weighted by Gasteiger charge is 2.26. The maximum atomic E-state index is 12.4. The number of nitrogens with zero attached hydrogens (tertiary/aromatic N) is 2. The molecule has 0 spiro atoms. The molecule has 0 aliphatic rings. The van der Waals surface area contributed by atoms with Gasteiger partial charge >= 0.3 is 0 Å². The summed E-state index contributed by atoms with van der Waals surface area (Å²) in [6, 6.07) is 0. The van der Waals surface area contributed by atoms with E-state index in [4.69, 9.17) is 11.6 Å². The van der Waals surface area contributed by atoms with Gasteiger partial charge < -0.3 is 10.4 Å². The minimum atomic E-state index is -0.924. The van der Waals surface area contributed by atoms with E-state index in [1.807, 2.05) is 13.8 Å². The van der Waals surface area contributed by atoms with Crippen molar-refractivity contribution in [3.8, 4) is 0 Å². The number of halogens is 1. The average Bonchev–Trinajstić information content (AvgIpc) is 2.71. The summed E-state index contributed by atoms with van der Waals surface area (Å²) < 4.78 is 1.50. The van der Waals surface area contributed by atoms with Crippen LogP contribution in [0.3, 0.4) is 0 Å². The Morgan fingerprint density at radius 1 is 1.41 bits per heavy atom. The van der Waals surface area contributed by atoms with Gasteiger partial charge in [0.2, 0.25) is 0 Å². The number of aliphatic hydroxyl groups is 1. The molecular weight excluding hydrogens is 302 g/mol. The third-order valence-electron chi connectivity index (χ3n) is 3.67. The Balaban J connectivity index is 2.78. The third kappa shape index (κ3) is 4.99. The first-order valence-electron chi connectivity index (χ1n) is 7.78. The second kappa shape index (κ2) is 7.47. The van der Waals surface area contributed by atoms with Crippen LogP contribution < -0.4 is 5.32 Å². The number of carbonyl (C=O) groups is 1. The lowest BCUT2D eigenvalue weighted by Gasteiger charge is -2.24. The first-order chi connectivity index (χ1) is 10.0. The highest BCUT2D eigenvalue weighted by molar-refractivity contribution is 6.33. The molecular formula is C16H28ClN3O2. The van der Waals surface area contributed by atoms with Crippen molar-refractivity contribution in [3.63, 3.8) is 0 Å². The zero-order chi connectivity index (χ0) is 17.1. The van der Waals surface area contributed by atoms with Gasteiger partial charge in [-0.2, -0.15) is 5.10 Å². The van der Waals surface area contributed by atoms with Crippen LogP contribution in [0.25, 0.3) is 0 Å². The number of hydrogen-bond donors (Lipinski definition) is 2. The summed E-state index contributed by atoms with van der Waals surface area (Å²) in [5, 5.41) is 17.7. The molecule has 1 aromatic heterocycles. The lowest BCUT2D eigenvalue weighted by atomic mass is 9.95. The summed E-state index contributed by atoms with van der Waals surface area (Å²) in [5.74, 6) is 0.329. The maximum absolute atomic E-state index is 12.4. The van der Waals surface area contributed by atoms with Crippen LogP contribution in [0.5, 0.6) is 0 Å². The lowest BCUT2D eigenvalue weighted by Crippen LogP contribution is -2.41. The van der Waals surface area contributed by atoms with E-state index in [2.05, 4.69) is 24.3 Å². The van der Waals surface area contributed by atoms with Gasteiger partial charge in [-0.3, -0.25) is 9.48 Å². The SMILES string of the molecule is CC(C)CCC(C)(O)CNC(=O)c1c(C(C)C)nn(C)c1Cl. The van der Waals surface area contributed by atoms with E-state index in [9.17, 15) is 9.90 Å². The molecule has 0 bridgehead atoms. The van der Waals surface area contributed by atoms with E-state index in [1.54, 1.807) is 14.0 Å². The summed E-state index contributed by atoms with van der Waals surface area (Å²) in [6.07, 6.45) is 1.55. The molecule has 0 aliphatic heterocycles. The topological polar surface area (TPSA) is 67.2 Å². The molecule has 1 heterocycles. The van der Waals surface area contributed by atoms with Gasteiger partial charge in [-0.1, -0.05) is 39.3 Å². The molecule has 0 radical (unpaired) electrons. The Bertz CT molecular complexity index is 522. The van der Waals surface area contributed by atoms with Crippen LogP contribution in [0.15, 0.2) is 0 Å². The number of carbonyl (C=O) groups excluding carboxylic acids is 1. The van der Waals surface area contributed by atoms with Gasteiger partial charge in [-0.05, 0) is 31.6 Å². The number of rotatable bonds is 7. The predicted molar refractivity (Wildman–Crippen MR) is 89.3 cm³/mol. The third-order valence-corrected chi connectivity index (χ3v) is 4.10. The quantitative estimate of drug-likeness (QED) is 0.807. The van der Waals surface area contributed by atoms with Gasteiger partial charge in [0.1, 0.15) is 5.15 Å². The zero-order valence-electron chi connectivity index (χ0n) is 14.4. The lowest BCUT2D eigenvalue weighted by molar-refractivity contribution is 0.0429. The Morgan fingerprint density at radius 2 is 2.00 bits per heavy atom. The van der Waals surface area contributed by atoms with E-state index in [-0.39, 0.29) is 18.4 Å². The first-order valence-corrected chi connectivity index (χ1v) is 8.16. The van der Waals surface area contributed by atoms with Gasteiger partial charge in [0, 0.05) is 13.6 Å². The molecule has 6 heteroatoms. The molecule has 22 heavy (non-hydrogen) atoms. The highest BCUT2D eigenvalue weighted by Crippen LogP contribution is 2.25. The number of nitrogens with one attached hydrogen (secondary N) is 1. The van der Waals surface area contributed by atoms with E-state index < -0.39 is 5.60 Å². The average molecular weight is 330 g/mol. The first kappa shape index (κ1) is 19.0. The molecule has 2 N–H and O–H groups in total. The molecule has 0 fully saturated rings. The molecule has 1 aromatic rings. The normalized spacial score (nSPS) is 14.5. The Labute approximate surface area is 138 Å². The standard InChI is InChI=1S/C16H28ClN3O2/c1-10(2)7-8-16(5,22)9-18-15(21)12-13(11(3)4)19-20(6)14(12)17/h10-11,22H,7-9H2,1-6H3,(H,18,21). The second-order valence-corrected chi connectivity index (χ2v) is 7.30. The van der Waals surface area contributed by atoms with Gasteiger partial charge in [-0.15, -0.1) is 0 Å². The second-order valence-electron chi connectivity index (χ2n) is 6.94. The molecule has 1 amide bonds. The van der Waals surface area contributed by atoms with Gasteiger partial charge in [0.05, 0.1) is 16.9 Å². The minimum Gasteiger partial charge on any atom is -0.388 e. The zero-order valence-corrected chi connectivity index (χ0v) is 15.2. The van der Waals surface area contributed by atoms with Gasteiger partial charge in [-0.25, -0.2) is 0 Å². The molecule has 5 nitrogen and oxygen atoms in total. The van der Waals surface area contributed by atoms with E-state index in [1.165, 1.54) is 4.68 Å². The van der Waals surface area contributed by atoms with Crippen molar-refractivity contribution < 1.29 is 9.90 Å². The Morgan fingerprint density at radius 3 is 2.50 bits per heavy atom.